The van der Waals surface area contributed by atoms with E-state index in [0.717, 1.165) is 19.5 Å². The fourth-order valence-electron chi connectivity index (χ4n) is 2.84. The largest absolute Gasteiger partial charge is 0.504 e. The van der Waals surface area contributed by atoms with E-state index in [9.17, 15) is 10.4 Å². The second-order valence-electron chi connectivity index (χ2n) is 5.40. The zero-order valence-electron chi connectivity index (χ0n) is 12.2. The van der Waals surface area contributed by atoms with Crippen LogP contribution in [0.15, 0.2) is 18.2 Å². The second kappa shape index (κ2) is 6.62. The maximum absolute atomic E-state index is 10.3. The molecule has 2 unspecified atom stereocenters. The van der Waals surface area contributed by atoms with E-state index in [1.165, 1.54) is 6.42 Å². The van der Waals surface area contributed by atoms with Gasteiger partial charge < -0.3 is 9.84 Å². The number of aromatic hydroxyl groups is 1. The Labute approximate surface area is 120 Å². The van der Waals surface area contributed by atoms with E-state index < -0.39 is 6.04 Å². The Hall–Kier alpha value is -1.73. The molecule has 1 aliphatic heterocycles. The fourth-order valence-corrected chi connectivity index (χ4v) is 2.84. The van der Waals surface area contributed by atoms with Gasteiger partial charge in [-0.15, -0.1) is 0 Å². The zero-order valence-corrected chi connectivity index (χ0v) is 12.2. The van der Waals surface area contributed by atoms with Gasteiger partial charge in [-0.3, -0.25) is 4.90 Å². The van der Waals surface area contributed by atoms with Crippen LogP contribution in [0.2, 0.25) is 0 Å². The number of hydrogen-bond donors (Lipinski definition) is 1. The molecule has 0 radical (unpaired) electrons. The van der Waals surface area contributed by atoms with E-state index >= 15 is 0 Å². The quantitative estimate of drug-likeness (QED) is 0.916. The van der Waals surface area contributed by atoms with Crippen LogP contribution in [0.1, 0.15) is 38.3 Å². The first kappa shape index (κ1) is 14.7. The summed E-state index contributed by atoms with van der Waals surface area (Å²) in [6.45, 7) is 6.38. The molecule has 2 atom stereocenters. The highest BCUT2D eigenvalue weighted by Crippen LogP contribution is 2.37. The van der Waals surface area contributed by atoms with Crippen LogP contribution < -0.4 is 4.74 Å². The van der Waals surface area contributed by atoms with Gasteiger partial charge in [0.05, 0.1) is 12.7 Å². The molecule has 1 aromatic rings. The molecular formula is C16H22N2O2. The van der Waals surface area contributed by atoms with Crippen LogP contribution in [0.25, 0.3) is 0 Å². The number of nitrogens with zero attached hydrogens (tertiary/aromatic N) is 2. The summed E-state index contributed by atoms with van der Waals surface area (Å²) in [5.41, 5.74) is 0.646. The number of phenols is 1. The molecule has 4 nitrogen and oxygen atoms in total. The number of phenolic OH excluding ortho intramolecular Hbond substituents is 1. The van der Waals surface area contributed by atoms with Crippen molar-refractivity contribution in [3.8, 4) is 17.6 Å². The van der Waals surface area contributed by atoms with E-state index in [1.807, 2.05) is 19.1 Å². The van der Waals surface area contributed by atoms with E-state index in [1.54, 1.807) is 6.07 Å². The molecule has 1 fully saturated rings. The van der Waals surface area contributed by atoms with Crippen molar-refractivity contribution in [3.63, 3.8) is 0 Å². The number of ether oxygens (including phenoxy) is 1. The van der Waals surface area contributed by atoms with Crippen molar-refractivity contribution in [2.45, 2.75) is 32.7 Å². The lowest BCUT2D eigenvalue weighted by molar-refractivity contribution is 0.154. The molecule has 0 bridgehead atoms. The summed E-state index contributed by atoms with van der Waals surface area (Å²) in [7, 11) is 0. The van der Waals surface area contributed by atoms with Crippen LogP contribution in [0.5, 0.6) is 11.5 Å². The number of hydrogen-bond acceptors (Lipinski definition) is 4. The van der Waals surface area contributed by atoms with E-state index in [0.29, 0.717) is 23.8 Å². The molecule has 1 aromatic carbocycles. The van der Waals surface area contributed by atoms with Crippen LogP contribution in [0, 0.1) is 17.2 Å². The summed E-state index contributed by atoms with van der Waals surface area (Å²) >= 11 is 0. The summed E-state index contributed by atoms with van der Waals surface area (Å²) in [4.78, 5) is 2.15. The molecule has 1 saturated heterocycles. The van der Waals surface area contributed by atoms with Gasteiger partial charge in [0.1, 0.15) is 6.04 Å². The smallest absolute Gasteiger partial charge is 0.163 e. The normalized spacial score (nSPS) is 21.1. The third kappa shape index (κ3) is 3.05. The number of piperidine rings is 1. The average Bonchev–Trinajstić information content (AvgIpc) is 2.44. The Morgan fingerprint density at radius 2 is 2.35 bits per heavy atom. The molecular weight excluding hydrogens is 252 g/mol. The fraction of sp³-hybridized carbons (Fsp3) is 0.562. The highest BCUT2D eigenvalue weighted by atomic mass is 16.5. The van der Waals surface area contributed by atoms with Crippen molar-refractivity contribution < 1.29 is 9.84 Å². The highest BCUT2D eigenvalue weighted by Gasteiger charge is 2.27. The van der Waals surface area contributed by atoms with Gasteiger partial charge in [-0.2, -0.15) is 5.26 Å². The average molecular weight is 274 g/mol. The molecule has 0 aliphatic carbocycles. The van der Waals surface area contributed by atoms with E-state index in [-0.39, 0.29) is 5.75 Å². The molecule has 4 heteroatoms. The Bertz CT molecular complexity index is 496. The lowest BCUT2D eigenvalue weighted by Crippen LogP contribution is -2.36. The number of benzene rings is 1. The van der Waals surface area contributed by atoms with E-state index in [2.05, 4.69) is 17.9 Å². The van der Waals surface area contributed by atoms with Gasteiger partial charge >= 0.3 is 0 Å². The molecule has 1 heterocycles. The first-order valence-corrected chi connectivity index (χ1v) is 7.25. The van der Waals surface area contributed by atoms with Gasteiger partial charge in [-0.05, 0) is 38.3 Å². The van der Waals surface area contributed by atoms with Crippen molar-refractivity contribution in [2.24, 2.45) is 5.92 Å². The minimum absolute atomic E-state index is 0.0964. The Morgan fingerprint density at radius 1 is 1.55 bits per heavy atom. The first-order valence-electron chi connectivity index (χ1n) is 7.25. The van der Waals surface area contributed by atoms with Gasteiger partial charge in [0, 0.05) is 12.1 Å². The Balaban J connectivity index is 2.27. The van der Waals surface area contributed by atoms with Crippen LogP contribution in [0.3, 0.4) is 0 Å². The van der Waals surface area contributed by atoms with Crippen LogP contribution >= 0.6 is 0 Å². The predicted molar refractivity (Wildman–Crippen MR) is 77.6 cm³/mol. The van der Waals surface area contributed by atoms with Gasteiger partial charge in [-0.25, -0.2) is 0 Å². The van der Waals surface area contributed by atoms with Gasteiger partial charge in [0.2, 0.25) is 0 Å². The zero-order chi connectivity index (χ0) is 14.5. The lowest BCUT2D eigenvalue weighted by atomic mass is 9.96. The molecule has 0 saturated carbocycles. The number of nitriles is 1. The number of para-hydroxylation sites is 1. The van der Waals surface area contributed by atoms with E-state index in [4.69, 9.17) is 4.74 Å². The molecule has 1 aliphatic rings. The van der Waals surface area contributed by atoms with Crippen molar-refractivity contribution in [1.29, 1.82) is 5.26 Å². The van der Waals surface area contributed by atoms with Crippen molar-refractivity contribution in [1.82, 2.24) is 4.90 Å². The molecule has 0 aromatic heterocycles. The van der Waals surface area contributed by atoms with Crippen molar-refractivity contribution in [3.05, 3.63) is 23.8 Å². The monoisotopic (exact) mass is 274 g/mol. The summed E-state index contributed by atoms with van der Waals surface area (Å²) in [6, 6.07) is 7.30. The number of likely N-dealkylation sites (tertiary alicyclic amines) is 1. The summed E-state index contributed by atoms with van der Waals surface area (Å²) < 4.78 is 5.40. The minimum atomic E-state index is -0.404. The minimum Gasteiger partial charge on any atom is -0.504 e. The van der Waals surface area contributed by atoms with Gasteiger partial charge in [0.15, 0.2) is 11.5 Å². The van der Waals surface area contributed by atoms with Crippen molar-refractivity contribution >= 4 is 0 Å². The Kier molecular flexibility index (Phi) is 4.86. The summed E-state index contributed by atoms with van der Waals surface area (Å²) in [5, 5.41) is 19.8. The topological polar surface area (TPSA) is 56.5 Å². The maximum Gasteiger partial charge on any atom is 0.163 e. The number of rotatable bonds is 4. The predicted octanol–water partition coefficient (Wildman–Crippen LogP) is 3.09. The SMILES string of the molecule is CCOc1cccc(C(C#N)N2CCCC(C)C2)c1O. The maximum atomic E-state index is 10.3. The third-order valence-electron chi connectivity index (χ3n) is 3.80. The van der Waals surface area contributed by atoms with Crippen LogP contribution in [-0.4, -0.2) is 29.7 Å². The Morgan fingerprint density at radius 3 is 3.00 bits per heavy atom. The molecule has 2 rings (SSSR count). The summed E-state index contributed by atoms with van der Waals surface area (Å²) in [5.74, 6) is 1.14. The van der Waals surface area contributed by atoms with Crippen LogP contribution in [0.4, 0.5) is 0 Å². The molecule has 1 N–H and O–H groups in total. The highest BCUT2D eigenvalue weighted by molar-refractivity contribution is 5.48. The second-order valence-corrected chi connectivity index (χ2v) is 5.40. The van der Waals surface area contributed by atoms with Crippen molar-refractivity contribution in [2.75, 3.05) is 19.7 Å². The van der Waals surface area contributed by atoms with Gasteiger partial charge in [-0.1, -0.05) is 19.1 Å². The lowest BCUT2D eigenvalue weighted by Gasteiger charge is -2.34. The van der Waals surface area contributed by atoms with Gasteiger partial charge in [0.25, 0.3) is 0 Å². The first-order chi connectivity index (χ1) is 9.67. The third-order valence-corrected chi connectivity index (χ3v) is 3.80. The van der Waals surface area contributed by atoms with Crippen LogP contribution in [-0.2, 0) is 0 Å². The molecule has 20 heavy (non-hydrogen) atoms. The molecule has 0 amide bonds. The molecule has 0 spiro atoms. The summed E-state index contributed by atoms with van der Waals surface area (Å²) in [6.07, 6.45) is 2.31. The molecule has 108 valence electrons. The standard InChI is InChI=1S/C16H22N2O2/c1-3-20-15-8-4-7-13(16(15)19)14(10-17)18-9-5-6-12(2)11-18/h4,7-8,12,14,19H,3,5-6,9,11H2,1-2H3.